The van der Waals surface area contributed by atoms with Gasteiger partial charge in [-0.15, -0.1) is 0 Å². The summed E-state index contributed by atoms with van der Waals surface area (Å²) >= 11 is 0. The molecule has 0 heterocycles. The molecule has 3 N–H and O–H groups in total. The number of carbonyl (C=O) groups is 1. The molecule has 0 radical (unpaired) electrons. The van der Waals surface area contributed by atoms with Gasteiger partial charge in [-0.2, -0.15) is 0 Å². The molecule has 1 aliphatic carbocycles. The fourth-order valence-electron chi connectivity index (χ4n) is 1.93. The lowest BCUT2D eigenvalue weighted by Crippen LogP contribution is -2.54. The van der Waals surface area contributed by atoms with E-state index in [1.165, 1.54) is 18.2 Å². The van der Waals surface area contributed by atoms with Crippen LogP contribution in [0.15, 0.2) is 24.3 Å². The molecule has 1 amide bonds. The number of nitrogens with one attached hydrogen (secondary N) is 1. The molecule has 1 fully saturated rings. The first kappa shape index (κ1) is 12.5. The fourth-order valence-corrected chi connectivity index (χ4v) is 1.93. The van der Waals surface area contributed by atoms with Crippen molar-refractivity contribution in [3.63, 3.8) is 0 Å². The lowest BCUT2D eigenvalue weighted by Gasteiger charge is -2.38. The van der Waals surface area contributed by atoms with Crippen molar-refractivity contribution in [3.8, 4) is 0 Å². The molecule has 1 aromatic rings. The first-order valence-corrected chi connectivity index (χ1v) is 5.82. The van der Waals surface area contributed by atoms with Crippen LogP contribution < -0.4 is 11.1 Å². The highest BCUT2D eigenvalue weighted by Gasteiger charge is 2.32. The van der Waals surface area contributed by atoms with Crippen LogP contribution in [0, 0.1) is 10.1 Å². The Morgan fingerprint density at radius 3 is 2.78 bits per heavy atom. The van der Waals surface area contributed by atoms with Gasteiger partial charge in [-0.25, -0.2) is 0 Å². The number of amides is 1. The number of non-ortho nitro benzene ring substituents is 1. The molecule has 1 aliphatic rings. The summed E-state index contributed by atoms with van der Waals surface area (Å²) in [6, 6.07) is 5.66. The fraction of sp³-hybridized carbons (Fsp3) is 0.417. The normalized spacial score (nSPS) is 16.7. The van der Waals surface area contributed by atoms with E-state index >= 15 is 0 Å². The van der Waals surface area contributed by atoms with E-state index < -0.39 is 4.92 Å². The van der Waals surface area contributed by atoms with E-state index in [9.17, 15) is 14.9 Å². The van der Waals surface area contributed by atoms with Crippen molar-refractivity contribution in [2.45, 2.75) is 24.8 Å². The molecule has 0 aliphatic heterocycles. The third kappa shape index (κ3) is 2.65. The topological polar surface area (TPSA) is 98.3 Å². The summed E-state index contributed by atoms with van der Waals surface area (Å²) in [6.07, 6.45) is 2.90. The molecule has 0 aromatic heterocycles. The predicted molar refractivity (Wildman–Crippen MR) is 66.2 cm³/mol. The van der Waals surface area contributed by atoms with E-state index in [1.54, 1.807) is 6.07 Å². The van der Waals surface area contributed by atoms with Gasteiger partial charge in [0.15, 0.2) is 0 Å². The van der Waals surface area contributed by atoms with Crippen LogP contribution in [0.4, 0.5) is 5.69 Å². The minimum Gasteiger partial charge on any atom is -0.350 e. The van der Waals surface area contributed by atoms with Crippen molar-refractivity contribution in [1.82, 2.24) is 5.32 Å². The van der Waals surface area contributed by atoms with Gasteiger partial charge in [-0.3, -0.25) is 14.9 Å². The van der Waals surface area contributed by atoms with Crippen LogP contribution in [0.2, 0.25) is 0 Å². The zero-order valence-electron chi connectivity index (χ0n) is 9.89. The van der Waals surface area contributed by atoms with Gasteiger partial charge in [0.05, 0.1) is 4.92 Å². The van der Waals surface area contributed by atoms with E-state index in [4.69, 9.17) is 5.73 Å². The minimum atomic E-state index is -0.521. The summed E-state index contributed by atoms with van der Waals surface area (Å²) in [7, 11) is 0. The average molecular weight is 249 g/mol. The number of nitrogens with two attached hydrogens (primary N) is 1. The van der Waals surface area contributed by atoms with Crippen LogP contribution in [0.5, 0.6) is 0 Å². The van der Waals surface area contributed by atoms with Gasteiger partial charge >= 0.3 is 0 Å². The Morgan fingerprint density at radius 2 is 2.22 bits per heavy atom. The van der Waals surface area contributed by atoms with Crippen LogP contribution in [0.25, 0.3) is 0 Å². The Balaban J connectivity index is 2.00. The molecule has 0 unspecified atom stereocenters. The van der Waals surface area contributed by atoms with Crippen molar-refractivity contribution < 1.29 is 9.72 Å². The van der Waals surface area contributed by atoms with E-state index in [0.717, 1.165) is 19.3 Å². The number of nitro benzene ring substituents is 1. The van der Waals surface area contributed by atoms with Crippen LogP contribution in [0.1, 0.15) is 29.6 Å². The van der Waals surface area contributed by atoms with Crippen molar-refractivity contribution in [2.24, 2.45) is 5.73 Å². The summed E-state index contributed by atoms with van der Waals surface area (Å²) in [5.41, 5.74) is 5.88. The number of rotatable bonds is 4. The Morgan fingerprint density at radius 1 is 1.50 bits per heavy atom. The third-order valence-corrected chi connectivity index (χ3v) is 3.27. The molecule has 18 heavy (non-hydrogen) atoms. The zero-order valence-corrected chi connectivity index (χ0v) is 9.89. The van der Waals surface area contributed by atoms with Crippen molar-refractivity contribution in [1.29, 1.82) is 0 Å². The lowest BCUT2D eigenvalue weighted by atomic mass is 9.78. The molecule has 1 saturated carbocycles. The zero-order chi connectivity index (χ0) is 13.2. The maximum Gasteiger partial charge on any atom is 0.270 e. The highest BCUT2D eigenvalue weighted by Crippen LogP contribution is 2.28. The number of benzene rings is 1. The van der Waals surface area contributed by atoms with Crippen LogP contribution in [-0.2, 0) is 0 Å². The third-order valence-electron chi connectivity index (χ3n) is 3.27. The molecule has 6 nitrogen and oxygen atoms in total. The molecule has 2 rings (SSSR count). The Kier molecular flexibility index (Phi) is 3.29. The molecule has 6 heteroatoms. The van der Waals surface area contributed by atoms with E-state index in [-0.39, 0.29) is 22.7 Å². The number of carbonyl (C=O) groups excluding carboxylic acids is 1. The van der Waals surface area contributed by atoms with Crippen molar-refractivity contribution in [3.05, 3.63) is 39.9 Å². The van der Waals surface area contributed by atoms with Gasteiger partial charge in [0.2, 0.25) is 0 Å². The molecule has 0 atom stereocenters. The first-order chi connectivity index (χ1) is 8.50. The van der Waals surface area contributed by atoms with Crippen molar-refractivity contribution >= 4 is 11.6 Å². The van der Waals surface area contributed by atoms with Crippen LogP contribution in [-0.4, -0.2) is 22.9 Å². The average Bonchev–Trinajstić information content (AvgIpc) is 2.33. The second kappa shape index (κ2) is 4.73. The second-order valence-corrected chi connectivity index (χ2v) is 4.71. The van der Waals surface area contributed by atoms with Gasteiger partial charge in [0, 0.05) is 29.8 Å². The summed E-state index contributed by atoms with van der Waals surface area (Å²) in [4.78, 5) is 21.9. The monoisotopic (exact) mass is 249 g/mol. The summed E-state index contributed by atoms with van der Waals surface area (Å²) in [6.45, 7) is 0.411. The molecule has 96 valence electrons. The second-order valence-electron chi connectivity index (χ2n) is 4.71. The number of hydrogen-bond donors (Lipinski definition) is 2. The summed E-state index contributed by atoms with van der Waals surface area (Å²) in [5.74, 6) is -0.324. The predicted octanol–water partition coefficient (Wildman–Crippen LogP) is 1.21. The summed E-state index contributed by atoms with van der Waals surface area (Å²) < 4.78 is 0. The van der Waals surface area contributed by atoms with Crippen molar-refractivity contribution in [2.75, 3.05) is 6.54 Å². The van der Waals surface area contributed by atoms with Crippen LogP contribution >= 0.6 is 0 Å². The maximum atomic E-state index is 11.8. The Labute approximate surface area is 104 Å². The number of nitrogens with zero attached hydrogens (tertiary/aromatic N) is 1. The maximum absolute atomic E-state index is 11.8. The Hall–Kier alpha value is -1.95. The smallest absolute Gasteiger partial charge is 0.270 e. The largest absolute Gasteiger partial charge is 0.350 e. The highest BCUT2D eigenvalue weighted by molar-refractivity contribution is 5.94. The Bertz CT molecular complexity index is 483. The SMILES string of the molecule is NC1(CNC(=O)c2cccc([N+](=O)[O-])c2)CCC1. The van der Waals surface area contributed by atoms with E-state index in [2.05, 4.69) is 5.32 Å². The molecule has 0 bridgehead atoms. The quantitative estimate of drug-likeness (QED) is 0.618. The lowest BCUT2D eigenvalue weighted by molar-refractivity contribution is -0.384. The molecule has 0 spiro atoms. The highest BCUT2D eigenvalue weighted by atomic mass is 16.6. The number of nitro groups is 1. The van der Waals surface area contributed by atoms with Crippen LogP contribution in [0.3, 0.4) is 0 Å². The van der Waals surface area contributed by atoms with Gasteiger partial charge in [0.25, 0.3) is 11.6 Å². The molecule has 1 aromatic carbocycles. The van der Waals surface area contributed by atoms with E-state index in [1.807, 2.05) is 0 Å². The van der Waals surface area contributed by atoms with Gasteiger partial charge in [-0.05, 0) is 25.3 Å². The number of hydrogen-bond acceptors (Lipinski definition) is 4. The first-order valence-electron chi connectivity index (χ1n) is 5.82. The molecular weight excluding hydrogens is 234 g/mol. The van der Waals surface area contributed by atoms with E-state index in [0.29, 0.717) is 6.54 Å². The summed E-state index contributed by atoms with van der Waals surface area (Å²) in [5, 5.41) is 13.3. The van der Waals surface area contributed by atoms with Gasteiger partial charge < -0.3 is 11.1 Å². The minimum absolute atomic E-state index is 0.0891. The van der Waals surface area contributed by atoms with Gasteiger partial charge in [0.1, 0.15) is 0 Å². The standard InChI is InChI=1S/C12H15N3O3/c13-12(5-2-6-12)8-14-11(16)9-3-1-4-10(7-9)15(17)18/h1,3-4,7H,2,5-6,8,13H2,(H,14,16). The molecular formula is C12H15N3O3. The molecule has 0 saturated heterocycles. The van der Waals surface area contributed by atoms with Gasteiger partial charge in [-0.1, -0.05) is 6.07 Å².